The van der Waals surface area contributed by atoms with Crippen molar-refractivity contribution < 1.29 is 9.53 Å². The molecule has 0 spiro atoms. The van der Waals surface area contributed by atoms with E-state index in [1.165, 1.54) is 0 Å². The third-order valence-corrected chi connectivity index (χ3v) is 2.20. The van der Waals surface area contributed by atoms with Crippen LogP contribution in [0.25, 0.3) is 0 Å². The van der Waals surface area contributed by atoms with Crippen molar-refractivity contribution in [3.8, 4) is 11.5 Å². The fraction of sp³-hybridized carbons (Fsp3) is 0.0714. The summed E-state index contributed by atoms with van der Waals surface area (Å²) in [5, 5.41) is 0. The lowest BCUT2D eigenvalue weighted by Crippen LogP contribution is -1.88. The summed E-state index contributed by atoms with van der Waals surface area (Å²) >= 11 is 0. The first-order chi connectivity index (χ1) is 7.88. The maximum Gasteiger partial charge on any atom is 0.127 e. The van der Waals surface area contributed by atoms with Gasteiger partial charge in [-0.2, -0.15) is 0 Å². The minimum Gasteiger partial charge on any atom is -0.457 e. The highest BCUT2D eigenvalue weighted by atomic mass is 16.5. The normalized spacial score (nSPS) is 9.75. The maximum absolute atomic E-state index is 10.4. The minimum absolute atomic E-state index is 0.423. The molecular formula is C14H12O2. The lowest BCUT2D eigenvalue weighted by molar-refractivity contribution is -0.107. The molecule has 0 aliphatic rings. The Kier molecular flexibility index (Phi) is 3.34. The fourth-order valence-corrected chi connectivity index (χ4v) is 1.46. The number of aldehydes is 1. The molecule has 2 rings (SSSR count). The van der Waals surface area contributed by atoms with E-state index >= 15 is 0 Å². The molecule has 0 saturated carbocycles. The van der Waals surface area contributed by atoms with Gasteiger partial charge in [-0.3, -0.25) is 0 Å². The van der Waals surface area contributed by atoms with Crippen LogP contribution in [-0.2, 0) is 11.2 Å². The van der Waals surface area contributed by atoms with Crippen LogP contribution in [-0.4, -0.2) is 6.29 Å². The first kappa shape index (κ1) is 10.4. The molecule has 2 aromatic carbocycles. The minimum atomic E-state index is 0.423. The molecule has 16 heavy (non-hydrogen) atoms. The molecule has 0 radical (unpaired) electrons. The standard InChI is InChI=1S/C14H12O2/c15-10-9-12-5-4-8-14(11-12)16-13-6-2-1-3-7-13/h1-8,10-11H,9H2. The zero-order valence-corrected chi connectivity index (χ0v) is 8.80. The Labute approximate surface area is 94.5 Å². The fourth-order valence-electron chi connectivity index (χ4n) is 1.46. The van der Waals surface area contributed by atoms with Crippen molar-refractivity contribution >= 4 is 6.29 Å². The Bertz CT molecular complexity index is 463. The predicted octanol–water partition coefficient (Wildman–Crippen LogP) is 3.22. The van der Waals surface area contributed by atoms with Gasteiger partial charge in [-0.1, -0.05) is 30.3 Å². The van der Waals surface area contributed by atoms with Crippen LogP contribution in [0.5, 0.6) is 11.5 Å². The number of hydrogen-bond donors (Lipinski definition) is 0. The second kappa shape index (κ2) is 5.12. The van der Waals surface area contributed by atoms with Crippen LogP contribution in [0.2, 0.25) is 0 Å². The molecule has 2 heteroatoms. The largest absolute Gasteiger partial charge is 0.457 e. The molecule has 0 aliphatic heterocycles. The summed E-state index contributed by atoms with van der Waals surface area (Å²) < 4.78 is 5.65. The van der Waals surface area contributed by atoms with E-state index in [2.05, 4.69) is 0 Å². The zero-order valence-electron chi connectivity index (χ0n) is 8.80. The molecule has 0 amide bonds. The third-order valence-electron chi connectivity index (χ3n) is 2.20. The van der Waals surface area contributed by atoms with Gasteiger partial charge in [-0.05, 0) is 29.8 Å². The molecule has 0 saturated heterocycles. The first-order valence-electron chi connectivity index (χ1n) is 5.14. The van der Waals surface area contributed by atoms with Crippen molar-refractivity contribution in [1.29, 1.82) is 0 Å². The van der Waals surface area contributed by atoms with Gasteiger partial charge in [-0.15, -0.1) is 0 Å². The van der Waals surface area contributed by atoms with Gasteiger partial charge in [0.1, 0.15) is 17.8 Å². The Balaban J connectivity index is 2.15. The Morgan fingerprint density at radius 2 is 1.69 bits per heavy atom. The average Bonchev–Trinajstić information content (AvgIpc) is 2.31. The van der Waals surface area contributed by atoms with E-state index in [4.69, 9.17) is 4.74 Å². The SMILES string of the molecule is O=CCc1cccc(Oc2ccccc2)c1. The Hall–Kier alpha value is -2.09. The van der Waals surface area contributed by atoms with Gasteiger partial charge < -0.3 is 9.53 Å². The van der Waals surface area contributed by atoms with Gasteiger partial charge in [-0.25, -0.2) is 0 Å². The average molecular weight is 212 g/mol. The highest BCUT2D eigenvalue weighted by Gasteiger charge is 1.98. The molecule has 0 aliphatic carbocycles. The van der Waals surface area contributed by atoms with E-state index in [-0.39, 0.29) is 0 Å². The zero-order chi connectivity index (χ0) is 11.2. The third kappa shape index (κ3) is 2.70. The van der Waals surface area contributed by atoms with Crippen molar-refractivity contribution in [3.63, 3.8) is 0 Å². The molecule has 0 heterocycles. The van der Waals surface area contributed by atoms with Crippen LogP contribution in [0.4, 0.5) is 0 Å². The number of para-hydroxylation sites is 1. The van der Waals surface area contributed by atoms with E-state index in [0.29, 0.717) is 6.42 Å². The van der Waals surface area contributed by atoms with Crippen molar-refractivity contribution in [1.82, 2.24) is 0 Å². The van der Waals surface area contributed by atoms with Gasteiger partial charge >= 0.3 is 0 Å². The van der Waals surface area contributed by atoms with Gasteiger partial charge in [0, 0.05) is 6.42 Å². The Morgan fingerprint density at radius 3 is 2.44 bits per heavy atom. The first-order valence-corrected chi connectivity index (χ1v) is 5.14. The number of carbonyl (C=O) groups excluding carboxylic acids is 1. The number of ether oxygens (including phenoxy) is 1. The topological polar surface area (TPSA) is 26.3 Å². The summed E-state index contributed by atoms with van der Waals surface area (Å²) in [7, 11) is 0. The second-order valence-corrected chi connectivity index (χ2v) is 3.43. The summed E-state index contributed by atoms with van der Waals surface area (Å²) in [6.07, 6.45) is 1.31. The lowest BCUT2D eigenvalue weighted by atomic mass is 10.1. The molecular weight excluding hydrogens is 200 g/mol. The van der Waals surface area contributed by atoms with Gasteiger partial charge in [0.25, 0.3) is 0 Å². The summed E-state index contributed by atoms with van der Waals surface area (Å²) in [4.78, 5) is 10.4. The number of benzene rings is 2. The van der Waals surface area contributed by atoms with Crippen molar-refractivity contribution in [2.24, 2.45) is 0 Å². The van der Waals surface area contributed by atoms with E-state index in [1.807, 2.05) is 54.6 Å². The molecule has 0 bridgehead atoms. The van der Waals surface area contributed by atoms with Crippen LogP contribution in [0, 0.1) is 0 Å². The summed E-state index contributed by atoms with van der Waals surface area (Å²) in [6.45, 7) is 0. The molecule has 0 N–H and O–H groups in total. The molecule has 0 unspecified atom stereocenters. The van der Waals surface area contributed by atoms with Gasteiger partial charge in [0.2, 0.25) is 0 Å². The number of rotatable bonds is 4. The van der Waals surface area contributed by atoms with Crippen LogP contribution in [0.1, 0.15) is 5.56 Å². The van der Waals surface area contributed by atoms with Gasteiger partial charge in [0.05, 0.1) is 0 Å². The van der Waals surface area contributed by atoms with Crippen molar-refractivity contribution in [3.05, 3.63) is 60.2 Å². The summed E-state index contributed by atoms with van der Waals surface area (Å²) in [5.74, 6) is 1.55. The molecule has 80 valence electrons. The maximum atomic E-state index is 10.4. The van der Waals surface area contributed by atoms with E-state index < -0.39 is 0 Å². The van der Waals surface area contributed by atoms with Gasteiger partial charge in [0.15, 0.2) is 0 Å². The highest BCUT2D eigenvalue weighted by molar-refractivity contribution is 5.55. The van der Waals surface area contributed by atoms with Crippen LogP contribution < -0.4 is 4.74 Å². The highest BCUT2D eigenvalue weighted by Crippen LogP contribution is 2.21. The van der Waals surface area contributed by atoms with E-state index in [9.17, 15) is 4.79 Å². The molecule has 2 aromatic rings. The lowest BCUT2D eigenvalue weighted by Gasteiger charge is -2.06. The van der Waals surface area contributed by atoms with Crippen LogP contribution in [0.3, 0.4) is 0 Å². The number of carbonyl (C=O) groups is 1. The van der Waals surface area contributed by atoms with Crippen molar-refractivity contribution in [2.75, 3.05) is 0 Å². The number of hydrogen-bond acceptors (Lipinski definition) is 2. The van der Waals surface area contributed by atoms with Crippen LogP contribution >= 0.6 is 0 Å². The second-order valence-electron chi connectivity index (χ2n) is 3.43. The molecule has 0 fully saturated rings. The molecule has 2 nitrogen and oxygen atoms in total. The smallest absolute Gasteiger partial charge is 0.127 e. The van der Waals surface area contributed by atoms with Crippen molar-refractivity contribution in [2.45, 2.75) is 6.42 Å². The molecule has 0 aromatic heterocycles. The van der Waals surface area contributed by atoms with Crippen LogP contribution in [0.15, 0.2) is 54.6 Å². The molecule has 0 atom stereocenters. The quantitative estimate of drug-likeness (QED) is 0.727. The van der Waals surface area contributed by atoms with E-state index in [1.54, 1.807) is 0 Å². The summed E-state index contributed by atoms with van der Waals surface area (Å²) in [5.41, 5.74) is 0.962. The Morgan fingerprint density at radius 1 is 0.938 bits per heavy atom. The predicted molar refractivity (Wildman–Crippen MR) is 62.7 cm³/mol. The summed E-state index contributed by atoms with van der Waals surface area (Å²) in [6, 6.07) is 17.1. The monoisotopic (exact) mass is 212 g/mol. The van der Waals surface area contributed by atoms with E-state index in [0.717, 1.165) is 23.3 Å².